The molecule has 3 N–H and O–H groups in total. The van der Waals surface area contributed by atoms with Gasteiger partial charge in [-0.15, -0.1) is 23.7 Å². The number of nitrogens with zero attached hydrogens (tertiary/aromatic N) is 3. The fourth-order valence-electron chi connectivity index (χ4n) is 7.00. The van der Waals surface area contributed by atoms with E-state index in [4.69, 9.17) is 14.7 Å². The van der Waals surface area contributed by atoms with Crippen LogP contribution in [0.3, 0.4) is 0 Å². The number of aromatic nitrogens is 2. The Labute approximate surface area is 241 Å². The number of aryl methyl sites for hydroxylation is 2. The van der Waals surface area contributed by atoms with Crippen LogP contribution in [0.4, 0.5) is 17.5 Å². The molecular weight excluding hydrogens is 528 g/mol. The molecule has 0 atom stereocenters. The van der Waals surface area contributed by atoms with Gasteiger partial charge in [-0.2, -0.15) is 4.98 Å². The maximum Gasteiger partial charge on any atom is 0.230 e. The Balaban J connectivity index is 0.00000277. The molecule has 3 fully saturated rings. The lowest BCUT2D eigenvalue weighted by molar-refractivity contribution is 0.00791. The number of thiophene rings is 1. The molecule has 0 spiro atoms. The van der Waals surface area contributed by atoms with E-state index in [1.165, 1.54) is 72.8 Å². The number of piperidine rings is 1. The van der Waals surface area contributed by atoms with Gasteiger partial charge in [0.15, 0.2) is 0 Å². The largest absolute Gasteiger partial charge is 0.379 e. The second-order valence-electron chi connectivity index (χ2n) is 11.5. The summed E-state index contributed by atoms with van der Waals surface area (Å²) in [7, 11) is 0. The number of hydrogen-bond acceptors (Lipinski definition) is 8. The highest BCUT2D eigenvalue weighted by molar-refractivity contribution is 7.19. The van der Waals surface area contributed by atoms with Crippen molar-refractivity contribution in [3.8, 4) is 0 Å². The lowest BCUT2D eigenvalue weighted by Crippen LogP contribution is -2.46. The van der Waals surface area contributed by atoms with E-state index in [-0.39, 0.29) is 12.4 Å². The minimum atomic E-state index is 0. The number of fused-ring (bicyclic) bond motifs is 3. The summed E-state index contributed by atoms with van der Waals surface area (Å²) in [6, 6.07) is 10.1. The first-order valence-electron chi connectivity index (χ1n) is 14.8. The van der Waals surface area contributed by atoms with Gasteiger partial charge < -0.3 is 20.7 Å². The fourth-order valence-corrected chi connectivity index (χ4v) is 8.26. The molecule has 0 bridgehead atoms. The van der Waals surface area contributed by atoms with Gasteiger partial charge in [0, 0.05) is 35.7 Å². The number of anilines is 3. The lowest BCUT2D eigenvalue weighted by Gasteiger charge is -2.39. The van der Waals surface area contributed by atoms with Crippen molar-refractivity contribution in [2.45, 2.75) is 75.8 Å². The van der Waals surface area contributed by atoms with Crippen molar-refractivity contribution in [3.05, 3.63) is 40.3 Å². The van der Waals surface area contributed by atoms with E-state index in [2.05, 4.69) is 45.1 Å². The zero-order valence-electron chi connectivity index (χ0n) is 22.7. The molecule has 7 rings (SSSR count). The van der Waals surface area contributed by atoms with E-state index in [9.17, 15) is 0 Å². The average Bonchev–Trinajstić information content (AvgIpc) is 3.56. The van der Waals surface area contributed by atoms with Gasteiger partial charge in [0.1, 0.15) is 10.6 Å². The Morgan fingerprint density at radius 2 is 1.69 bits per heavy atom. The first-order valence-corrected chi connectivity index (χ1v) is 15.6. The average molecular weight is 569 g/mol. The van der Waals surface area contributed by atoms with Crippen LogP contribution in [0, 0.1) is 0 Å². The van der Waals surface area contributed by atoms with Crippen LogP contribution in [0.5, 0.6) is 0 Å². The summed E-state index contributed by atoms with van der Waals surface area (Å²) in [6.45, 7) is 6.18. The third-order valence-electron chi connectivity index (χ3n) is 9.14. The Bertz CT molecular complexity index is 1250. The van der Waals surface area contributed by atoms with Gasteiger partial charge >= 0.3 is 0 Å². The van der Waals surface area contributed by atoms with Gasteiger partial charge in [0.05, 0.1) is 18.6 Å². The molecule has 0 amide bonds. The van der Waals surface area contributed by atoms with Crippen LogP contribution < -0.4 is 16.0 Å². The van der Waals surface area contributed by atoms with Crippen molar-refractivity contribution >= 4 is 51.4 Å². The van der Waals surface area contributed by atoms with Crippen LogP contribution in [-0.2, 0) is 17.6 Å². The molecule has 1 saturated carbocycles. The van der Waals surface area contributed by atoms with Crippen LogP contribution in [-0.4, -0.2) is 66.3 Å². The van der Waals surface area contributed by atoms with Crippen molar-refractivity contribution in [2.75, 3.05) is 50.0 Å². The van der Waals surface area contributed by atoms with E-state index in [1.54, 1.807) is 0 Å². The van der Waals surface area contributed by atoms with Crippen LogP contribution >= 0.6 is 23.7 Å². The predicted molar refractivity (Wildman–Crippen MR) is 163 cm³/mol. The Morgan fingerprint density at radius 1 is 0.923 bits per heavy atom. The van der Waals surface area contributed by atoms with Gasteiger partial charge in [0.25, 0.3) is 0 Å². The molecule has 3 aromatic rings. The van der Waals surface area contributed by atoms with E-state index in [0.29, 0.717) is 23.9 Å². The minimum Gasteiger partial charge on any atom is -0.379 e. The van der Waals surface area contributed by atoms with Gasteiger partial charge in [-0.25, -0.2) is 4.98 Å². The van der Waals surface area contributed by atoms with Crippen LogP contribution in [0.1, 0.15) is 66.9 Å². The predicted octanol–water partition coefficient (Wildman–Crippen LogP) is 5.87. The lowest BCUT2D eigenvalue weighted by atomic mass is 9.90. The second kappa shape index (κ2) is 12.3. The number of ether oxygens (including phenoxy) is 1. The molecule has 210 valence electrons. The van der Waals surface area contributed by atoms with Crippen molar-refractivity contribution in [1.82, 2.24) is 20.2 Å². The van der Waals surface area contributed by atoms with E-state index in [1.807, 2.05) is 11.3 Å². The third-order valence-corrected chi connectivity index (χ3v) is 10.3. The quantitative estimate of drug-likeness (QED) is 0.343. The smallest absolute Gasteiger partial charge is 0.230 e. The molecule has 2 aliphatic carbocycles. The summed E-state index contributed by atoms with van der Waals surface area (Å²) in [4.78, 5) is 15.4. The SMILES string of the molecule is Cl.c1cc(C2CCNCC2)ccc1Nc1nc(NC2CCC(N3CCOCC3)CC2)c2c3c(sc2n1)CCC3. The summed E-state index contributed by atoms with van der Waals surface area (Å²) < 4.78 is 5.57. The summed E-state index contributed by atoms with van der Waals surface area (Å²) in [5.74, 6) is 2.41. The number of benzene rings is 1. The van der Waals surface area contributed by atoms with Crippen LogP contribution in [0.15, 0.2) is 24.3 Å². The number of rotatable bonds is 6. The fraction of sp³-hybridized carbons (Fsp3) is 0.600. The second-order valence-corrected chi connectivity index (χ2v) is 12.6. The molecule has 9 heteroatoms. The number of hydrogen-bond donors (Lipinski definition) is 3. The van der Waals surface area contributed by atoms with Crippen LogP contribution in [0.2, 0.25) is 0 Å². The standard InChI is InChI=1S/C30H40N6OS.ClH/c1-2-25-26(3-1)38-29-27(25)28(32-22-8-10-24(11-9-22)36-16-18-37-19-17-36)34-30(35-29)33-23-6-4-20(5-7-23)21-12-14-31-15-13-21;/h4-7,21-22,24,31H,1-3,8-19H2,(H2,32,33,34,35);1H. The third kappa shape index (κ3) is 5.91. The molecule has 7 nitrogen and oxygen atoms in total. The normalized spacial score (nSPS) is 24.3. The minimum absolute atomic E-state index is 0. The Kier molecular flexibility index (Phi) is 8.56. The van der Waals surface area contributed by atoms with Crippen LogP contribution in [0.25, 0.3) is 10.2 Å². The zero-order valence-corrected chi connectivity index (χ0v) is 24.3. The van der Waals surface area contributed by atoms with E-state index in [0.717, 1.165) is 62.1 Å². The number of morpholine rings is 1. The first kappa shape index (κ1) is 27.2. The summed E-state index contributed by atoms with van der Waals surface area (Å²) in [5.41, 5.74) is 3.99. The number of halogens is 1. The zero-order chi connectivity index (χ0) is 25.3. The first-order chi connectivity index (χ1) is 18.8. The molecule has 2 aliphatic heterocycles. The molecule has 0 unspecified atom stereocenters. The Hall–Kier alpha value is -1.97. The maximum atomic E-state index is 5.57. The van der Waals surface area contributed by atoms with Crippen molar-refractivity contribution in [3.63, 3.8) is 0 Å². The molecule has 4 aliphatic rings. The van der Waals surface area contributed by atoms with Crippen molar-refractivity contribution in [2.24, 2.45) is 0 Å². The molecule has 1 aromatic carbocycles. The van der Waals surface area contributed by atoms with E-state index < -0.39 is 0 Å². The molecule has 2 saturated heterocycles. The highest BCUT2D eigenvalue weighted by Gasteiger charge is 2.29. The number of nitrogens with one attached hydrogen (secondary N) is 3. The molecule has 39 heavy (non-hydrogen) atoms. The monoisotopic (exact) mass is 568 g/mol. The van der Waals surface area contributed by atoms with Gasteiger partial charge in [0.2, 0.25) is 5.95 Å². The summed E-state index contributed by atoms with van der Waals surface area (Å²) in [5, 5.41) is 12.2. The van der Waals surface area contributed by atoms with Gasteiger partial charge in [-0.1, -0.05) is 12.1 Å². The maximum absolute atomic E-state index is 5.57. The molecular formula is C30H41ClN6OS. The van der Waals surface area contributed by atoms with Gasteiger partial charge in [-0.3, -0.25) is 4.90 Å². The molecule has 2 aromatic heterocycles. The summed E-state index contributed by atoms with van der Waals surface area (Å²) >= 11 is 1.87. The topological polar surface area (TPSA) is 74.3 Å². The summed E-state index contributed by atoms with van der Waals surface area (Å²) in [6.07, 6.45) is 10.9. The van der Waals surface area contributed by atoms with Crippen molar-refractivity contribution < 1.29 is 4.74 Å². The van der Waals surface area contributed by atoms with Crippen molar-refractivity contribution in [1.29, 1.82) is 0 Å². The molecule has 0 radical (unpaired) electrons. The molecule has 4 heterocycles. The van der Waals surface area contributed by atoms with E-state index >= 15 is 0 Å². The van der Waals surface area contributed by atoms with Gasteiger partial charge in [-0.05, 0) is 100 Å². The Morgan fingerprint density at radius 3 is 2.46 bits per heavy atom. The highest BCUT2D eigenvalue weighted by atomic mass is 35.5. The highest BCUT2D eigenvalue weighted by Crippen LogP contribution is 2.41.